The second-order valence-electron chi connectivity index (χ2n) is 2.89. The first-order chi connectivity index (χ1) is 7.15. The molecule has 2 aromatic rings. The highest BCUT2D eigenvalue weighted by molar-refractivity contribution is 7.07. The number of rotatable bonds is 2. The number of anilines is 1. The van der Waals surface area contributed by atoms with Gasteiger partial charge in [0, 0.05) is 17.6 Å². The van der Waals surface area contributed by atoms with Crippen LogP contribution in [0.2, 0.25) is 0 Å². The zero-order chi connectivity index (χ0) is 10.8. The van der Waals surface area contributed by atoms with Crippen molar-refractivity contribution in [3.8, 4) is 10.9 Å². The maximum absolute atomic E-state index is 12.9. The van der Waals surface area contributed by atoms with Gasteiger partial charge in [0.2, 0.25) is 0 Å². The fourth-order valence-corrected chi connectivity index (χ4v) is 1.56. The van der Waals surface area contributed by atoms with Crippen molar-refractivity contribution >= 4 is 17.2 Å². The highest BCUT2D eigenvalue weighted by Crippen LogP contribution is 2.28. The van der Waals surface area contributed by atoms with Crippen LogP contribution in [-0.2, 0) is 0 Å². The monoisotopic (exact) mass is 225 g/mol. The molecule has 2 N–H and O–H groups in total. The van der Waals surface area contributed by atoms with Crippen LogP contribution in [0.4, 0.5) is 10.1 Å². The van der Waals surface area contributed by atoms with Crippen molar-refractivity contribution in [1.29, 1.82) is 0 Å². The number of aromatic nitrogens is 2. The fraction of sp³-hybridized carbons (Fsp3) is 0.111. The summed E-state index contributed by atoms with van der Waals surface area (Å²) < 4.78 is 22.1. The Labute approximate surface area is 89.7 Å². The minimum absolute atomic E-state index is 0.256. The predicted octanol–water partition coefficient (Wildman–Crippen LogP) is 2.36. The highest BCUT2D eigenvalue weighted by atomic mass is 32.1. The zero-order valence-electron chi connectivity index (χ0n) is 7.90. The van der Waals surface area contributed by atoms with Gasteiger partial charge in [0.15, 0.2) is 5.75 Å². The molecule has 0 saturated heterocycles. The number of hydrogen-bond acceptors (Lipinski definition) is 5. The van der Waals surface area contributed by atoms with Gasteiger partial charge >= 0.3 is 0 Å². The summed E-state index contributed by atoms with van der Waals surface area (Å²) in [6.07, 6.45) is 0. The van der Waals surface area contributed by atoms with E-state index in [4.69, 9.17) is 10.5 Å². The average molecular weight is 225 g/mol. The van der Waals surface area contributed by atoms with E-state index >= 15 is 0 Å². The van der Waals surface area contributed by atoms with Gasteiger partial charge in [-0.3, -0.25) is 0 Å². The number of halogens is 1. The molecule has 2 rings (SSSR count). The lowest BCUT2D eigenvalue weighted by Crippen LogP contribution is -1.92. The Morgan fingerprint density at radius 1 is 1.47 bits per heavy atom. The van der Waals surface area contributed by atoms with Crippen LogP contribution in [0, 0.1) is 12.7 Å². The second-order valence-corrected chi connectivity index (χ2v) is 3.61. The molecule has 0 unspecified atom stereocenters. The molecular weight excluding hydrogens is 217 g/mol. The van der Waals surface area contributed by atoms with Crippen molar-refractivity contribution in [3.05, 3.63) is 29.8 Å². The van der Waals surface area contributed by atoms with E-state index in [2.05, 4.69) is 9.36 Å². The first-order valence-corrected chi connectivity index (χ1v) is 4.95. The lowest BCUT2D eigenvalue weighted by atomic mass is 10.3. The molecule has 0 spiro atoms. The van der Waals surface area contributed by atoms with Crippen molar-refractivity contribution in [2.75, 3.05) is 5.73 Å². The topological polar surface area (TPSA) is 61.0 Å². The van der Waals surface area contributed by atoms with Gasteiger partial charge in [-0.15, -0.1) is 0 Å². The number of hydrogen-bond donors (Lipinski definition) is 1. The molecule has 6 heteroatoms. The minimum atomic E-state index is -0.402. The van der Waals surface area contributed by atoms with Crippen LogP contribution in [0.3, 0.4) is 0 Å². The third-order valence-electron chi connectivity index (χ3n) is 1.68. The van der Waals surface area contributed by atoms with Gasteiger partial charge in [-0.25, -0.2) is 4.39 Å². The Morgan fingerprint density at radius 2 is 2.27 bits per heavy atom. The standard InChI is InChI=1S/C9H8FN3OS/c1-5-12-9(15-13-5)14-8-4-6(10)2-3-7(8)11/h2-4H,11H2,1H3. The van der Waals surface area contributed by atoms with Crippen molar-refractivity contribution in [1.82, 2.24) is 9.36 Å². The number of benzene rings is 1. The third-order valence-corrected chi connectivity index (χ3v) is 2.37. The molecule has 0 fully saturated rings. The highest BCUT2D eigenvalue weighted by Gasteiger charge is 2.07. The third kappa shape index (κ3) is 2.21. The molecule has 0 atom stereocenters. The summed E-state index contributed by atoms with van der Waals surface area (Å²) >= 11 is 1.10. The van der Waals surface area contributed by atoms with E-state index in [9.17, 15) is 4.39 Å². The first-order valence-electron chi connectivity index (χ1n) is 4.18. The molecule has 0 aliphatic rings. The summed E-state index contributed by atoms with van der Waals surface area (Å²) in [5.74, 6) is 0.469. The van der Waals surface area contributed by atoms with Crippen LogP contribution in [0.1, 0.15) is 5.82 Å². The number of aryl methyl sites for hydroxylation is 1. The molecule has 4 nitrogen and oxygen atoms in total. The Hall–Kier alpha value is -1.69. The molecular formula is C9H8FN3OS. The summed E-state index contributed by atoms with van der Waals surface area (Å²) in [6, 6.07) is 3.93. The number of ether oxygens (including phenoxy) is 1. The molecule has 0 saturated carbocycles. The number of nitrogens with two attached hydrogens (primary N) is 1. The van der Waals surface area contributed by atoms with Gasteiger partial charge in [-0.1, -0.05) is 0 Å². The zero-order valence-corrected chi connectivity index (χ0v) is 8.71. The number of nitrogens with zero attached hydrogens (tertiary/aromatic N) is 2. The van der Waals surface area contributed by atoms with Gasteiger partial charge < -0.3 is 10.5 Å². The van der Waals surface area contributed by atoms with Gasteiger partial charge in [-0.05, 0) is 19.1 Å². The molecule has 1 heterocycles. The van der Waals surface area contributed by atoms with E-state index < -0.39 is 5.82 Å². The summed E-state index contributed by atoms with van der Waals surface area (Å²) in [5.41, 5.74) is 5.97. The Bertz CT molecular complexity index is 486. The van der Waals surface area contributed by atoms with E-state index in [1.807, 2.05) is 0 Å². The molecule has 0 aliphatic heterocycles. The smallest absolute Gasteiger partial charge is 0.298 e. The SMILES string of the molecule is Cc1nsc(Oc2cc(F)ccc2N)n1. The summed E-state index contributed by atoms with van der Waals surface area (Å²) in [6.45, 7) is 1.75. The Kier molecular flexibility index (Phi) is 2.51. The van der Waals surface area contributed by atoms with Crippen LogP contribution >= 0.6 is 11.5 Å². The minimum Gasteiger partial charge on any atom is -0.428 e. The van der Waals surface area contributed by atoms with Crippen LogP contribution in [0.15, 0.2) is 18.2 Å². The second kappa shape index (κ2) is 3.82. The first kappa shape index (κ1) is 9.85. The normalized spacial score (nSPS) is 10.3. The maximum atomic E-state index is 12.9. The molecule has 0 radical (unpaired) electrons. The van der Waals surface area contributed by atoms with E-state index in [-0.39, 0.29) is 5.75 Å². The van der Waals surface area contributed by atoms with Crippen LogP contribution in [-0.4, -0.2) is 9.36 Å². The summed E-state index contributed by atoms with van der Waals surface area (Å²) in [4.78, 5) is 3.98. The molecule has 1 aromatic heterocycles. The summed E-state index contributed by atoms with van der Waals surface area (Å²) in [5, 5.41) is 0.352. The molecule has 0 amide bonds. The molecule has 15 heavy (non-hydrogen) atoms. The van der Waals surface area contributed by atoms with Gasteiger partial charge in [0.05, 0.1) is 5.69 Å². The van der Waals surface area contributed by atoms with Gasteiger partial charge in [0.1, 0.15) is 11.6 Å². The molecule has 1 aromatic carbocycles. The Balaban J connectivity index is 2.27. The van der Waals surface area contributed by atoms with Crippen molar-refractivity contribution < 1.29 is 9.13 Å². The molecule has 78 valence electrons. The van der Waals surface area contributed by atoms with Gasteiger partial charge in [-0.2, -0.15) is 9.36 Å². The predicted molar refractivity (Wildman–Crippen MR) is 55.5 cm³/mol. The lowest BCUT2D eigenvalue weighted by Gasteiger charge is -2.04. The summed E-state index contributed by atoms with van der Waals surface area (Å²) in [7, 11) is 0. The van der Waals surface area contributed by atoms with E-state index in [0.29, 0.717) is 16.7 Å². The molecule has 0 bridgehead atoms. The number of nitrogen functional groups attached to an aromatic ring is 1. The largest absolute Gasteiger partial charge is 0.428 e. The van der Waals surface area contributed by atoms with Crippen molar-refractivity contribution in [2.24, 2.45) is 0 Å². The van der Waals surface area contributed by atoms with Crippen molar-refractivity contribution in [2.45, 2.75) is 6.92 Å². The van der Waals surface area contributed by atoms with Crippen LogP contribution in [0.5, 0.6) is 10.9 Å². The average Bonchev–Trinajstić information content (AvgIpc) is 2.58. The van der Waals surface area contributed by atoms with Crippen LogP contribution in [0.25, 0.3) is 0 Å². The van der Waals surface area contributed by atoms with E-state index in [1.54, 1.807) is 6.92 Å². The van der Waals surface area contributed by atoms with E-state index in [0.717, 1.165) is 11.5 Å². The Morgan fingerprint density at radius 3 is 2.93 bits per heavy atom. The maximum Gasteiger partial charge on any atom is 0.298 e. The van der Waals surface area contributed by atoms with E-state index in [1.165, 1.54) is 18.2 Å². The quantitative estimate of drug-likeness (QED) is 0.797. The van der Waals surface area contributed by atoms with Crippen molar-refractivity contribution in [3.63, 3.8) is 0 Å². The lowest BCUT2D eigenvalue weighted by molar-refractivity contribution is 0.474. The van der Waals surface area contributed by atoms with Crippen LogP contribution < -0.4 is 10.5 Å². The molecule has 0 aliphatic carbocycles. The van der Waals surface area contributed by atoms with Gasteiger partial charge in [0.25, 0.3) is 5.19 Å². The fourth-order valence-electron chi connectivity index (χ4n) is 1.01.